The van der Waals surface area contributed by atoms with E-state index >= 15 is 0 Å². The van der Waals surface area contributed by atoms with Crippen molar-refractivity contribution in [1.82, 2.24) is 9.55 Å². The summed E-state index contributed by atoms with van der Waals surface area (Å²) in [5.74, 6) is 1.29. The van der Waals surface area contributed by atoms with Gasteiger partial charge in [-0.2, -0.15) is 0 Å². The standard InChI is InChI=1S/C20H24N2O4/c1-12-10-14(4-7-17(12)26-15-5-6-15)19-21-18(20(23)24-3)16-8-9-25-13(2)11-22(16)19/h4,7,10,13,15H,5-6,8-9,11H2,1-3H3/t13-/m1/s1. The van der Waals surface area contributed by atoms with Gasteiger partial charge in [-0.3, -0.25) is 0 Å². The van der Waals surface area contributed by atoms with E-state index in [1.165, 1.54) is 7.11 Å². The highest BCUT2D eigenvalue weighted by atomic mass is 16.5. The lowest BCUT2D eigenvalue weighted by Gasteiger charge is -2.14. The summed E-state index contributed by atoms with van der Waals surface area (Å²) in [6.45, 7) is 5.31. The zero-order chi connectivity index (χ0) is 18.3. The second kappa shape index (κ2) is 6.76. The number of rotatable bonds is 4. The minimum atomic E-state index is -0.403. The van der Waals surface area contributed by atoms with Crippen LogP contribution < -0.4 is 4.74 Å². The first-order chi connectivity index (χ1) is 12.6. The number of methoxy groups -OCH3 is 1. The van der Waals surface area contributed by atoms with Crippen LogP contribution in [0.5, 0.6) is 5.75 Å². The van der Waals surface area contributed by atoms with E-state index in [0.29, 0.717) is 31.4 Å². The molecule has 2 aliphatic rings. The third kappa shape index (κ3) is 3.21. The van der Waals surface area contributed by atoms with Crippen LogP contribution in [0.2, 0.25) is 0 Å². The predicted molar refractivity (Wildman–Crippen MR) is 96.5 cm³/mol. The van der Waals surface area contributed by atoms with E-state index in [1.807, 2.05) is 26.0 Å². The molecule has 1 aromatic heterocycles. The third-order valence-corrected chi connectivity index (χ3v) is 4.88. The molecule has 6 nitrogen and oxygen atoms in total. The predicted octanol–water partition coefficient (Wildman–Crippen LogP) is 3.15. The van der Waals surface area contributed by atoms with Crippen molar-refractivity contribution in [1.29, 1.82) is 0 Å². The van der Waals surface area contributed by atoms with Gasteiger partial charge >= 0.3 is 5.97 Å². The van der Waals surface area contributed by atoms with E-state index in [4.69, 9.17) is 14.2 Å². The number of fused-ring (bicyclic) bond motifs is 1. The maximum absolute atomic E-state index is 12.2. The molecule has 6 heteroatoms. The number of aryl methyl sites for hydroxylation is 1. The molecule has 2 heterocycles. The van der Waals surface area contributed by atoms with Crippen LogP contribution in [0.15, 0.2) is 18.2 Å². The molecule has 0 spiro atoms. The van der Waals surface area contributed by atoms with Crippen molar-refractivity contribution in [2.75, 3.05) is 13.7 Å². The molecule has 1 fully saturated rings. The summed E-state index contributed by atoms with van der Waals surface area (Å²) in [5, 5.41) is 0. The Hall–Kier alpha value is -2.34. The molecule has 0 radical (unpaired) electrons. The average Bonchev–Trinajstić information content (AvgIpc) is 3.40. The summed E-state index contributed by atoms with van der Waals surface area (Å²) >= 11 is 0. The van der Waals surface area contributed by atoms with Gasteiger partial charge in [-0.05, 0) is 50.5 Å². The van der Waals surface area contributed by atoms with Gasteiger partial charge in [-0.15, -0.1) is 0 Å². The number of imidazole rings is 1. The largest absolute Gasteiger partial charge is 0.490 e. The number of carbonyl (C=O) groups excluding carboxylic acids is 1. The Kier molecular flexibility index (Phi) is 4.44. The van der Waals surface area contributed by atoms with E-state index in [9.17, 15) is 4.79 Å². The number of benzene rings is 1. The second-order valence-corrected chi connectivity index (χ2v) is 7.06. The Labute approximate surface area is 153 Å². The van der Waals surface area contributed by atoms with Crippen LogP contribution in [0.4, 0.5) is 0 Å². The van der Waals surface area contributed by atoms with Crippen LogP contribution in [0.25, 0.3) is 11.4 Å². The van der Waals surface area contributed by atoms with Gasteiger partial charge < -0.3 is 18.8 Å². The van der Waals surface area contributed by atoms with Gasteiger partial charge in [-0.25, -0.2) is 9.78 Å². The second-order valence-electron chi connectivity index (χ2n) is 7.06. The van der Waals surface area contributed by atoms with E-state index in [2.05, 4.69) is 15.6 Å². The molecule has 1 aromatic carbocycles. The monoisotopic (exact) mass is 356 g/mol. The summed E-state index contributed by atoms with van der Waals surface area (Å²) in [7, 11) is 1.39. The van der Waals surface area contributed by atoms with Gasteiger partial charge in [0.25, 0.3) is 0 Å². The third-order valence-electron chi connectivity index (χ3n) is 4.88. The Morgan fingerprint density at radius 3 is 2.85 bits per heavy atom. The summed E-state index contributed by atoms with van der Waals surface area (Å²) < 4.78 is 18.7. The van der Waals surface area contributed by atoms with E-state index in [1.54, 1.807) is 0 Å². The number of nitrogens with zero attached hydrogens (tertiary/aromatic N) is 2. The normalized spacial score (nSPS) is 19.6. The molecule has 26 heavy (non-hydrogen) atoms. The van der Waals surface area contributed by atoms with Crippen LogP contribution in [0, 0.1) is 6.92 Å². The van der Waals surface area contributed by atoms with Gasteiger partial charge in [0.15, 0.2) is 5.69 Å². The fourth-order valence-electron chi connectivity index (χ4n) is 3.37. The van der Waals surface area contributed by atoms with Crippen LogP contribution in [0.3, 0.4) is 0 Å². The fraction of sp³-hybridized carbons (Fsp3) is 0.500. The Balaban J connectivity index is 1.76. The summed E-state index contributed by atoms with van der Waals surface area (Å²) in [5.41, 5.74) is 3.31. The molecular formula is C20H24N2O4. The maximum atomic E-state index is 12.2. The molecule has 1 aliphatic carbocycles. The molecule has 1 atom stereocenters. The molecule has 2 aromatic rings. The topological polar surface area (TPSA) is 62.6 Å². The number of ether oxygens (including phenoxy) is 3. The summed E-state index contributed by atoms with van der Waals surface area (Å²) in [6.07, 6.45) is 3.34. The number of hydrogen-bond donors (Lipinski definition) is 0. The Morgan fingerprint density at radius 1 is 1.35 bits per heavy atom. The molecule has 0 bridgehead atoms. The van der Waals surface area contributed by atoms with Crippen molar-refractivity contribution >= 4 is 5.97 Å². The number of carbonyl (C=O) groups is 1. The molecule has 0 N–H and O–H groups in total. The van der Waals surface area contributed by atoms with Crippen LogP contribution in [0.1, 0.15) is 41.5 Å². The highest BCUT2D eigenvalue weighted by Crippen LogP contribution is 2.33. The van der Waals surface area contributed by atoms with Crippen LogP contribution >= 0.6 is 0 Å². The molecule has 0 amide bonds. The lowest BCUT2D eigenvalue weighted by Crippen LogP contribution is -2.15. The molecule has 0 saturated heterocycles. The van der Waals surface area contributed by atoms with Crippen molar-refractivity contribution < 1.29 is 19.0 Å². The lowest BCUT2D eigenvalue weighted by molar-refractivity contribution is 0.0591. The number of hydrogen-bond acceptors (Lipinski definition) is 5. The Morgan fingerprint density at radius 2 is 2.15 bits per heavy atom. The summed E-state index contributed by atoms with van der Waals surface area (Å²) in [4.78, 5) is 16.9. The van der Waals surface area contributed by atoms with E-state index in [-0.39, 0.29) is 6.10 Å². The van der Waals surface area contributed by atoms with Gasteiger partial charge in [-0.1, -0.05) is 0 Å². The van der Waals surface area contributed by atoms with Crippen molar-refractivity contribution in [3.63, 3.8) is 0 Å². The van der Waals surface area contributed by atoms with Crippen molar-refractivity contribution in [3.05, 3.63) is 35.2 Å². The molecule has 1 saturated carbocycles. The van der Waals surface area contributed by atoms with E-state index in [0.717, 1.165) is 41.2 Å². The van der Waals surface area contributed by atoms with Gasteiger partial charge in [0.05, 0.1) is 38.2 Å². The van der Waals surface area contributed by atoms with Gasteiger partial charge in [0.2, 0.25) is 0 Å². The smallest absolute Gasteiger partial charge is 0.358 e. The van der Waals surface area contributed by atoms with Crippen LogP contribution in [-0.4, -0.2) is 41.4 Å². The van der Waals surface area contributed by atoms with E-state index < -0.39 is 5.97 Å². The molecule has 0 unspecified atom stereocenters. The van der Waals surface area contributed by atoms with Gasteiger partial charge in [0, 0.05) is 12.0 Å². The van der Waals surface area contributed by atoms with Crippen molar-refractivity contribution in [2.24, 2.45) is 0 Å². The zero-order valence-electron chi connectivity index (χ0n) is 15.4. The van der Waals surface area contributed by atoms with Crippen molar-refractivity contribution in [3.8, 4) is 17.1 Å². The Bertz CT molecular complexity index is 839. The first kappa shape index (κ1) is 17.1. The first-order valence-electron chi connectivity index (χ1n) is 9.14. The average molecular weight is 356 g/mol. The minimum absolute atomic E-state index is 0.0632. The highest BCUT2D eigenvalue weighted by Gasteiger charge is 2.27. The number of esters is 1. The lowest BCUT2D eigenvalue weighted by atomic mass is 10.1. The SMILES string of the molecule is COC(=O)c1nc(-c2ccc(OC3CC3)c(C)c2)n2c1CCO[C@H](C)C2. The first-order valence-corrected chi connectivity index (χ1v) is 9.14. The van der Waals surface area contributed by atoms with Crippen molar-refractivity contribution in [2.45, 2.75) is 51.9 Å². The quantitative estimate of drug-likeness (QED) is 0.788. The fourth-order valence-corrected chi connectivity index (χ4v) is 3.37. The molecule has 138 valence electrons. The molecular weight excluding hydrogens is 332 g/mol. The zero-order valence-corrected chi connectivity index (χ0v) is 15.4. The minimum Gasteiger partial charge on any atom is -0.490 e. The maximum Gasteiger partial charge on any atom is 0.358 e. The summed E-state index contributed by atoms with van der Waals surface area (Å²) in [6, 6.07) is 6.08. The highest BCUT2D eigenvalue weighted by molar-refractivity contribution is 5.89. The van der Waals surface area contributed by atoms with Gasteiger partial charge in [0.1, 0.15) is 11.6 Å². The number of aromatic nitrogens is 2. The molecule has 1 aliphatic heterocycles. The molecule has 4 rings (SSSR count). The van der Waals surface area contributed by atoms with Crippen LogP contribution in [-0.2, 0) is 22.4 Å².